The van der Waals surface area contributed by atoms with E-state index in [2.05, 4.69) is 10.1 Å². The van der Waals surface area contributed by atoms with Crippen LogP contribution < -0.4 is 11.1 Å². The summed E-state index contributed by atoms with van der Waals surface area (Å²) in [5, 5.41) is 2.70. The number of amides is 2. The minimum absolute atomic E-state index is 0.0428. The fourth-order valence-electron chi connectivity index (χ4n) is 2.28. The molecule has 3 N–H and O–H groups in total. The van der Waals surface area contributed by atoms with Crippen LogP contribution in [0.3, 0.4) is 0 Å². The zero-order chi connectivity index (χ0) is 13.8. The lowest BCUT2D eigenvalue weighted by atomic mass is 9.96. The maximum atomic E-state index is 12.2. The third-order valence-electron chi connectivity index (χ3n) is 3.24. The summed E-state index contributed by atoms with van der Waals surface area (Å²) >= 11 is 0. The number of methoxy groups -OCH3 is 1. The molecule has 0 aromatic heterocycles. The number of carbonyl (C=O) groups is 2. The molecule has 2 unspecified atom stereocenters. The average Bonchev–Trinajstić information content (AvgIpc) is 2.76. The van der Waals surface area contributed by atoms with E-state index in [1.807, 2.05) is 6.92 Å². The standard InChI is InChI=1S/C12H23N3O3/c1-4-6-12(2,13)10(16)15-7-5-9(8-15)14-11(17)18-3/h9H,4-8,13H2,1-3H3,(H,14,17). The number of nitrogens with one attached hydrogen (secondary N) is 1. The molecule has 1 aliphatic rings. The molecular weight excluding hydrogens is 234 g/mol. The summed E-state index contributed by atoms with van der Waals surface area (Å²) in [5.74, 6) is -0.0430. The number of carbonyl (C=O) groups excluding carboxylic acids is 2. The van der Waals surface area contributed by atoms with Gasteiger partial charge in [-0.05, 0) is 19.8 Å². The van der Waals surface area contributed by atoms with Gasteiger partial charge in [-0.25, -0.2) is 4.79 Å². The first kappa shape index (κ1) is 14.8. The van der Waals surface area contributed by atoms with Crippen molar-refractivity contribution in [2.75, 3.05) is 20.2 Å². The van der Waals surface area contributed by atoms with Crippen molar-refractivity contribution in [1.29, 1.82) is 0 Å². The number of nitrogens with zero attached hydrogens (tertiary/aromatic N) is 1. The Hall–Kier alpha value is -1.30. The van der Waals surface area contributed by atoms with E-state index in [-0.39, 0.29) is 11.9 Å². The normalized spacial score (nSPS) is 22.4. The molecule has 0 aromatic rings. The van der Waals surface area contributed by atoms with Gasteiger partial charge in [0.1, 0.15) is 0 Å². The van der Waals surface area contributed by atoms with Crippen molar-refractivity contribution in [2.24, 2.45) is 5.73 Å². The van der Waals surface area contributed by atoms with Gasteiger partial charge in [0.05, 0.1) is 18.7 Å². The molecule has 104 valence electrons. The van der Waals surface area contributed by atoms with Crippen LogP contribution in [-0.4, -0.2) is 48.7 Å². The SMILES string of the molecule is CCCC(C)(N)C(=O)N1CCC(NC(=O)OC)C1. The van der Waals surface area contributed by atoms with Gasteiger partial charge in [-0.2, -0.15) is 0 Å². The van der Waals surface area contributed by atoms with E-state index in [4.69, 9.17) is 5.73 Å². The fourth-order valence-corrected chi connectivity index (χ4v) is 2.28. The number of rotatable bonds is 4. The first-order valence-electron chi connectivity index (χ1n) is 6.33. The van der Waals surface area contributed by atoms with E-state index in [0.717, 1.165) is 12.8 Å². The van der Waals surface area contributed by atoms with Crippen molar-refractivity contribution in [2.45, 2.75) is 44.7 Å². The second kappa shape index (κ2) is 6.04. The van der Waals surface area contributed by atoms with E-state index in [1.165, 1.54) is 7.11 Å². The summed E-state index contributed by atoms with van der Waals surface area (Å²) in [6.07, 6.45) is 1.81. The van der Waals surface area contributed by atoms with Gasteiger partial charge in [0.15, 0.2) is 0 Å². The number of hydrogen-bond acceptors (Lipinski definition) is 4. The minimum atomic E-state index is -0.811. The Morgan fingerprint density at radius 1 is 1.56 bits per heavy atom. The fraction of sp³-hybridized carbons (Fsp3) is 0.833. The van der Waals surface area contributed by atoms with Crippen molar-refractivity contribution >= 4 is 12.0 Å². The second-order valence-corrected chi connectivity index (χ2v) is 5.04. The molecule has 0 radical (unpaired) electrons. The van der Waals surface area contributed by atoms with Crippen LogP contribution in [0.5, 0.6) is 0 Å². The van der Waals surface area contributed by atoms with Gasteiger partial charge in [-0.1, -0.05) is 13.3 Å². The Labute approximate surface area is 108 Å². The lowest BCUT2D eigenvalue weighted by Gasteiger charge is -2.28. The molecule has 0 aliphatic carbocycles. The van der Waals surface area contributed by atoms with Crippen LogP contribution in [0.1, 0.15) is 33.1 Å². The van der Waals surface area contributed by atoms with Crippen molar-refractivity contribution in [1.82, 2.24) is 10.2 Å². The number of alkyl carbamates (subject to hydrolysis) is 1. The Balaban J connectivity index is 2.51. The lowest BCUT2D eigenvalue weighted by Crippen LogP contribution is -2.53. The minimum Gasteiger partial charge on any atom is -0.453 e. The Morgan fingerprint density at radius 2 is 2.22 bits per heavy atom. The number of ether oxygens (including phenoxy) is 1. The molecule has 0 bridgehead atoms. The maximum absolute atomic E-state index is 12.2. The molecule has 1 aliphatic heterocycles. The molecule has 6 heteroatoms. The summed E-state index contributed by atoms with van der Waals surface area (Å²) in [4.78, 5) is 25.0. The van der Waals surface area contributed by atoms with Crippen LogP contribution in [0.25, 0.3) is 0 Å². The molecule has 1 fully saturated rings. The zero-order valence-corrected chi connectivity index (χ0v) is 11.4. The molecule has 18 heavy (non-hydrogen) atoms. The predicted octanol–water partition coefficient (Wildman–Crippen LogP) is 0.461. The highest BCUT2D eigenvalue weighted by molar-refractivity contribution is 5.86. The monoisotopic (exact) mass is 257 g/mol. The zero-order valence-electron chi connectivity index (χ0n) is 11.4. The molecular formula is C12H23N3O3. The Morgan fingerprint density at radius 3 is 2.78 bits per heavy atom. The van der Waals surface area contributed by atoms with E-state index >= 15 is 0 Å². The van der Waals surface area contributed by atoms with Gasteiger partial charge < -0.3 is 20.7 Å². The van der Waals surface area contributed by atoms with Crippen molar-refractivity contribution in [3.63, 3.8) is 0 Å². The summed E-state index contributed by atoms with van der Waals surface area (Å²) in [7, 11) is 1.32. The quantitative estimate of drug-likeness (QED) is 0.766. The highest BCUT2D eigenvalue weighted by Crippen LogP contribution is 2.17. The number of likely N-dealkylation sites (tertiary alicyclic amines) is 1. The van der Waals surface area contributed by atoms with Crippen molar-refractivity contribution in [3.8, 4) is 0 Å². The van der Waals surface area contributed by atoms with Crippen molar-refractivity contribution in [3.05, 3.63) is 0 Å². The van der Waals surface area contributed by atoms with Gasteiger partial charge in [0, 0.05) is 13.1 Å². The van der Waals surface area contributed by atoms with E-state index in [1.54, 1.807) is 11.8 Å². The van der Waals surface area contributed by atoms with E-state index in [0.29, 0.717) is 19.5 Å². The predicted molar refractivity (Wildman–Crippen MR) is 68.0 cm³/mol. The van der Waals surface area contributed by atoms with E-state index in [9.17, 15) is 9.59 Å². The molecule has 6 nitrogen and oxygen atoms in total. The first-order valence-corrected chi connectivity index (χ1v) is 6.33. The molecule has 1 rings (SSSR count). The first-order chi connectivity index (χ1) is 8.40. The summed E-state index contributed by atoms with van der Waals surface area (Å²) in [5.41, 5.74) is 5.21. The smallest absolute Gasteiger partial charge is 0.407 e. The maximum Gasteiger partial charge on any atom is 0.407 e. The van der Waals surface area contributed by atoms with Gasteiger partial charge in [0.25, 0.3) is 0 Å². The van der Waals surface area contributed by atoms with Gasteiger partial charge >= 0.3 is 6.09 Å². The largest absolute Gasteiger partial charge is 0.453 e. The van der Waals surface area contributed by atoms with Crippen molar-refractivity contribution < 1.29 is 14.3 Å². The average molecular weight is 257 g/mol. The third kappa shape index (κ3) is 3.60. The summed E-state index contributed by atoms with van der Waals surface area (Å²) < 4.78 is 4.54. The van der Waals surface area contributed by atoms with Gasteiger partial charge in [-0.3, -0.25) is 4.79 Å². The Bertz CT molecular complexity index is 318. The van der Waals surface area contributed by atoms with Gasteiger partial charge in [0.2, 0.25) is 5.91 Å². The Kier molecular flexibility index (Phi) is 4.95. The van der Waals surface area contributed by atoms with E-state index < -0.39 is 11.6 Å². The van der Waals surface area contributed by atoms with Crippen LogP contribution in [-0.2, 0) is 9.53 Å². The molecule has 0 spiro atoms. The summed E-state index contributed by atoms with van der Waals surface area (Å²) in [6, 6.07) is -0.0428. The van der Waals surface area contributed by atoms with Gasteiger partial charge in [-0.15, -0.1) is 0 Å². The molecule has 0 saturated carbocycles. The molecule has 0 aromatic carbocycles. The summed E-state index contributed by atoms with van der Waals surface area (Å²) in [6.45, 7) is 4.90. The number of hydrogen-bond donors (Lipinski definition) is 2. The highest BCUT2D eigenvalue weighted by atomic mass is 16.5. The third-order valence-corrected chi connectivity index (χ3v) is 3.24. The number of nitrogens with two attached hydrogens (primary N) is 1. The van der Waals surface area contributed by atoms with Crippen LogP contribution in [0.15, 0.2) is 0 Å². The van der Waals surface area contributed by atoms with Crippen LogP contribution >= 0.6 is 0 Å². The van der Waals surface area contributed by atoms with Crippen LogP contribution in [0.4, 0.5) is 4.79 Å². The van der Waals surface area contributed by atoms with Crippen LogP contribution in [0, 0.1) is 0 Å². The molecule has 2 atom stereocenters. The topological polar surface area (TPSA) is 84.7 Å². The molecule has 2 amide bonds. The highest BCUT2D eigenvalue weighted by Gasteiger charge is 2.36. The molecule has 1 heterocycles. The van der Waals surface area contributed by atoms with Crippen LogP contribution in [0.2, 0.25) is 0 Å². The lowest BCUT2D eigenvalue weighted by molar-refractivity contribution is -0.135. The molecule has 1 saturated heterocycles. The second-order valence-electron chi connectivity index (χ2n) is 5.04.